The van der Waals surface area contributed by atoms with Gasteiger partial charge in [0.15, 0.2) is 0 Å². The number of carbonyl (C=O) groups is 2. The Bertz CT molecular complexity index is 702. The van der Waals surface area contributed by atoms with E-state index >= 15 is 0 Å². The molecule has 0 unspecified atom stereocenters. The van der Waals surface area contributed by atoms with Crippen LogP contribution < -0.4 is 10.8 Å². The second-order valence-corrected chi connectivity index (χ2v) is 8.60. The summed E-state index contributed by atoms with van der Waals surface area (Å²) in [6, 6.07) is 9.45. The molecular formula is C25H38N2O5. The van der Waals surface area contributed by atoms with Crippen molar-refractivity contribution in [3.05, 3.63) is 42.0 Å². The van der Waals surface area contributed by atoms with E-state index < -0.39 is 11.8 Å². The van der Waals surface area contributed by atoms with Gasteiger partial charge < -0.3 is 14.8 Å². The van der Waals surface area contributed by atoms with E-state index in [1.807, 2.05) is 49.4 Å². The second-order valence-electron chi connectivity index (χ2n) is 8.60. The normalized spacial score (nSPS) is 20.6. The average Bonchev–Trinajstić information content (AvgIpc) is 2.81. The van der Waals surface area contributed by atoms with E-state index in [-0.39, 0.29) is 31.3 Å². The highest BCUT2D eigenvalue weighted by atomic mass is 16.7. The molecule has 2 rings (SSSR count). The fraction of sp³-hybridized carbons (Fsp3) is 0.600. The Morgan fingerprint density at radius 3 is 2.53 bits per heavy atom. The summed E-state index contributed by atoms with van der Waals surface area (Å²) in [6.45, 7) is 5.02. The minimum Gasteiger partial charge on any atom is -0.356 e. The maximum Gasteiger partial charge on any atom is 0.246 e. The van der Waals surface area contributed by atoms with Crippen LogP contribution >= 0.6 is 0 Å². The number of nitrogens with one attached hydrogen (secondary N) is 2. The lowest BCUT2D eigenvalue weighted by Crippen LogP contribution is -2.45. The van der Waals surface area contributed by atoms with Crippen molar-refractivity contribution in [3.8, 4) is 0 Å². The Morgan fingerprint density at radius 2 is 1.88 bits per heavy atom. The molecule has 2 atom stereocenters. The topological polar surface area (TPSA) is 96.9 Å². The molecule has 178 valence electrons. The SMILES string of the molecule is CCOCOC[C@H](C[C@H](CC=Cc1ccccc1)C(=O)NO)NC(=O)[C@H]1CC[C@H](C)CC1. The molecule has 0 bridgehead atoms. The molecule has 1 aliphatic rings. The maximum absolute atomic E-state index is 12.9. The van der Waals surface area contributed by atoms with Crippen molar-refractivity contribution in [1.29, 1.82) is 0 Å². The van der Waals surface area contributed by atoms with Gasteiger partial charge in [-0.25, -0.2) is 5.48 Å². The highest BCUT2D eigenvalue weighted by Gasteiger charge is 2.28. The Labute approximate surface area is 191 Å². The maximum atomic E-state index is 12.9. The molecule has 2 amide bonds. The fourth-order valence-electron chi connectivity index (χ4n) is 4.02. The molecule has 7 heteroatoms. The molecular weight excluding hydrogens is 408 g/mol. The number of hydroxylamine groups is 1. The minimum atomic E-state index is -0.507. The van der Waals surface area contributed by atoms with E-state index in [2.05, 4.69) is 12.2 Å². The highest BCUT2D eigenvalue weighted by molar-refractivity contribution is 5.80. The number of allylic oxidation sites excluding steroid dienone is 1. The molecule has 3 N–H and O–H groups in total. The average molecular weight is 447 g/mol. The van der Waals surface area contributed by atoms with Crippen LogP contribution in [0.25, 0.3) is 6.08 Å². The summed E-state index contributed by atoms with van der Waals surface area (Å²) in [4.78, 5) is 25.2. The van der Waals surface area contributed by atoms with Gasteiger partial charge in [-0.05, 0) is 56.9 Å². The predicted molar refractivity (Wildman–Crippen MR) is 124 cm³/mol. The van der Waals surface area contributed by atoms with Crippen LogP contribution in [0.5, 0.6) is 0 Å². The first-order valence-corrected chi connectivity index (χ1v) is 11.6. The van der Waals surface area contributed by atoms with Gasteiger partial charge in [0.25, 0.3) is 0 Å². The third-order valence-electron chi connectivity index (χ3n) is 6.00. The molecule has 1 fully saturated rings. The van der Waals surface area contributed by atoms with Gasteiger partial charge in [0.2, 0.25) is 11.8 Å². The molecule has 0 aliphatic heterocycles. The lowest BCUT2D eigenvalue weighted by Gasteiger charge is -2.28. The number of hydrogen-bond donors (Lipinski definition) is 3. The van der Waals surface area contributed by atoms with Crippen molar-refractivity contribution < 1.29 is 24.3 Å². The standard InChI is InChI=1S/C25H38N2O5/c1-3-31-18-32-17-23(26-24(28)21-14-12-19(2)13-15-21)16-22(25(29)27-30)11-7-10-20-8-5-4-6-9-20/h4-10,19,21-23,30H,3,11-18H2,1-2H3,(H,26,28)(H,27,29)/t19-,21-,22-,23-/m0/s1. The van der Waals surface area contributed by atoms with Crippen molar-refractivity contribution in [2.45, 2.75) is 58.4 Å². The first-order valence-electron chi connectivity index (χ1n) is 11.6. The van der Waals surface area contributed by atoms with Gasteiger partial charge in [-0.15, -0.1) is 0 Å². The van der Waals surface area contributed by atoms with Crippen LogP contribution in [-0.2, 0) is 19.1 Å². The van der Waals surface area contributed by atoms with Gasteiger partial charge in [0.1, 0.15) is 6.79 Å². The minimum absolute atomic E-state index is 0.00341. The molecule has 1 aromatic rings. The van der Waals surface area contributed by atoms with E-state index in [9.17, 15) is 14.8 Å². The lowest BCUT2D eigenvalue weighted by molar-refractivity contribution is -0.135. The van der Waals surface area contributed by atoms with Crippen LogP contribution in [0.3, 0.4) is 0 Å². The summed E-state index contributed by atoms with van der Waals surface area (Å²) in [6.07, 6.45) is 8.54. The quantitative estimate of drug-likeness (QED) is 0.185. The zero-order valence-electron chi connectivity index (χ0n) is 19.3. The van der Waals surface area contributed by atoms with E-state index in [0.29, 0.717) is 25.4 Å². The van der Waals surface area contributed by atoms with Gasteiger partial charge in [-0.3, -0.25) is 14.8 Å². The first-order chi connectivity index (χ1) is 15.5. The van der Waals surface area contributed by atoms with Crippen molar-refractivity contribution in [3.63, 3.8) is 0 Å². The summed E-state index contributed by atoms with van der Waals surface area (Å²) in [7, 11) is 0. The van der Waals surface area contributed by atoms with Crippen LogP contribution in [-0.4, -0.2) is 43.1 Å². The molecule has 1 aliphatic carbocycles. The number of rotatable bonds is 13. The number of ether oxygens (including phenoxy) is 2. The Balaban J connectivity index is 2.00. The number of hydrogen-bond acceptors (Lipinski definition) is 5. The van der Waals surface area contributed by atoms with Gasteiger partial charge in [-0.1, -0.05) is 49.4 Å². The predicted octanol–water partition coefficient (Wildman–Crippen LogP) is 3.92. The molecule has 1 aromatic carbocycles. The molecule has 0 heterocycles. The molecule has 0 spiro atoms. The number of carbonyl (C=O) groups excluding carboxylic acids is 2. The zero-order valence-corrected chi connectivity index (χ0v) is 19.3. The monoisotopic (exact) mass is 446 g/mol. The van der Waals surface area contributed by atoms with Gasteiger partial charge >= 0.3 is 0 Å². The number of amides is 2. The van der Waals surface area contributed by atoms with Crippen LogP contribution in [0.2, 0.25) is 0 Å². The van der Waals surface area contributed by atoms with Crippen LogP contribution in [0, 0.1) is 17.8 Å². The summed E-state index contributed by atoms with van der Waals surface area (Å²) in [5, 5.41) is 12.3. The lowest BCUT2D eigenvalue weighted by atomic mass is 9.82. The van der Waals surface area contributed by atoms with Crippen molar-refractivity contribution in [2.24, 2.45) is 17.8 Å². The molecule has 7 nitrogen and oxygen atoms in total. The highest BCUT2D eigenvalue weighted by Crippen LogP contribution is 2.28. The van der Waals surface area contributed by atoms with Gasteiger partial charge in [-0.2, -0.15) is 0 Å². The Morgan fingerprint density at radius 1 is 1.16 bits per heavy atom. The van der Waals surface area contributed by atoms with E-state index in [1.54, 1.807) is 5.48 Å². The third-order valence-corrected chi connectivity index (χ3v) is 6.00. The van der Waals surface area contributed by atoms with Gasteiger partial charge in [0, 0.05) is 18.4 Å². The van der Waals surface area contributed by atoms with Crippen molar-refractivity contribution >= 4 is 17.9 Å². The third kappa shape index (κ3) is 9.51. The molecule has 32 heavy (non-hydrogen) atoms. The molecule has 1 saturated carbocycles. The summed E-state index contributed by atoms with van der Waals surface area (Å²) in [5.41, 5.74) is 2.80. The van der Waals surface area contributed by atoms with Gasteiger partial charge in [0.05, 0.1) is 12.6 Å². The van der Waals surface area contributed by atoms with E-state index in [4.69, 9.17) is 9.47 Å². The Hall–Kier alpha value is -2.22. The molecule has 0 saturated heterocycles. The van der Waals surface area contributed by atoms with E-state index in [1.165, 1.54) is 0 Å². The molecule has 0 aromatic heterocycles. The summed E-state index contributed by atoms with van der Waals surface area (Å²) in [5.74, 6) is -0.294. The van der Waals surface area contributed by atoms with Crippen LogP contribution in [0.1, 0.15) is 57.9 Å². The Kier molecular flexibility index (Phi) is 12.0. The summed E-state index contributed by atoms with van der Waals surface area (Å²) >= 11 is 0. The fourth-order valence-corrected chi connectivity index (χ4v) is 4.02. The smallest absolute Gasteiger partial charge is 0.246 e. The largest absolute Gasteiger partial charge is 0.356 e. The number of benzene rings is 1. The molecule has 0 radical (unpaired) electrons. The van der Waals surface area contributed by atoms with Crippen molar-refractivity contribution in [2.75, 3.05) is 20.0 Å². The second kappa shape index (κ2) is 14.8. The summed E-state index contributed by atoms with van der Waals surface area (Å²) < 4.78 is 10.8. The van der Waals surface area contributed by atoms with Crippen LogP contribution in [0.4, 0.5) is 0 Å². The van der Waals surface area contributed by atoms with Crippen molar-refractivity contribution in [1.82, 2.24) is 10.8 Å². The first kappa shape index (κ1) is 26.0. The van der Waals surface area contributed by atoms with Crippen LogP contribution in [0.15, 0.2) is 36.4 Å². The zero-order chi connectivity index (χ0) is 23.2. The van der Waals surface area contributed by atoms with E-state index in [0.717, 1.165) is 31.2 Å².